The molecule has 3 heterocycles. The van der Waals surface area contributed by atoms with E-state index in [2.05, 4.69) is 4.90 Å². The van der Waals surface area contributed by atoms with Gasteiger partial charge in [-0.3, -0.25) is 4.79 Å². The molecule has 0 atom stereocenters. The minimum atomic E-state index is -0.632. The molecule has 0 radical (unpaired) electrons. The first-order valence-electron chi connectivity index (χ1n) is 8.85. The monoisotopic (exact) mass is 356 g/mol. The molecule has 2 aliphatic heterocycles. The highest BCUT2D eigenvalue weighted by atomic mass is 16.7. The van der Waals surface area contributed by atoms with E-state index in [9.17, 15) is 14.4 Å². The number of hydroxylamine groups is 2. The smallest absolute Gasteiger partial charge is 0.340 e. The van der Waals surface area contributed by atoms with E-state index in [4.69, 9.17) is 9.25 Å². The molecule has 0 unspecified atom stereocenters. The quantitative estimate of drug-likeness (QED) is 0.779. The largest absolute Gasteiger partial charge is 0.422 e. The SMILES string of the molecule is Cc1c(CC(=O)ON2CCCC2=O)c(=O)oc2cc(N3CCC3)ccc12. The minimum Gasteiger partial charge on any atom is -0.422 e. The number of carbonyl (C=O) groups excluding carboxylic acids is 2. The second-order valence-corrected chi connectivity index (χ2v) is 6.75. The summed E-state index contributed by atoms with van der Waals surface area (Å²) in [5.41, 5.74) is 1.98. The molecule has 2 aromatic rings. The Kier molecular flexibility index (Phi) is 4.14. The van der Waals surface area contributed by atoms with Crippen molar-refractivity contribution in [3.63, 3.8) is 0 Å². The molecule has 4 rings (SSSR count). The lowest BCUT2D eigenvalue weighted by molar-refractivity contribution is -0.192. The zero-order valence-corrected chi connectivity index (χ0v) is 14.6. The van der Waals surface area contributed by atoms with Crippen molar-refractivity contribution in [2.24, 2.45) is 0 Å². The molecule has 2 fully saturated rings. The highest BCUT2D eigenvalue weighted by molar-refractivity contribution is 5.86. The van der Waals surface area contributed by atoms with Crippen molar-refractivity contribution < 1.29 is 18.8 Å². The molecular formula is C19H20N2O5. The second kappa shape index (κ2) is 6.48. The molecular weight excluding hydrogens is 336 g/mol. The van der Waals surface area contributed by atoms with Crippen LogP contribution in [-0.4, -0.2) is 36.6 Å². The summed E-state index contributed by atoms with van der Waals surface area (Å²) in [5, 5.41) is 1.87. The molecule has 2 aliphatic rings. The van der Waals surface area contributed by atoms with E-state index in [1.54, 1.807) is 6.92 Å². The van der Waals surface area contributed by atoms with Gasteiger partial charge in [-0.15, -0.1) is 0 Å². The summed E-state index contributed by atoms with van der Waals surface area (Å²) >= 11 is 0. The van der Waals surface area contributed by atoms with Gasteiger partial charge >= 0.3 is 11.6 Å². The lowest BCUT2D eigenvalue weighted by atomic mass is 10.0. The van der Waals surface area contributed by atoms with Crippen LogP contribution in [0.1, 0.15) is 30.4 Å². The summed E-state index contributed by atoms with van der Waals surface area (Å²) in [5.74, 6) is -0.841. The maximum absolute atomic E-state index is 12.4. The van der Waals surface area contributed by atoms with Gasteiger partial charge in [-0.2, -0.15) is 5.06 Å². The fourth-order valence-corrected chi connectivity index (χ4v) is 3.38. The van der Waals surface area contributed by atoms with E-state index in [0.717, 1.165) is 29.2 Å². The fourth-order valence-electron chi connectivity index (χ4n) is 3.38. The van der Waals surface area contributed by atoms with Crippen LogP contribution in [0.5, 0.6) is 0 Å². The van der Waals surface area contributed by atoms with Gasteiger partial charge in [0.15, 0.2) is 0 Å². The standard InChI is InChI=1S/C19H20N2O5/c1-12-14-6-5-13(20-7-3-8-20)10-16(14)25-19(24)15(12)11-18(23)26-21-9-2-4-17(21)22/h5-6,10H,2-4,7-9,11H2,1H3. The van der Waals surface area contributed by atoms with Crippen molar-refractivity contribution in [1.29, 1.82) is 0 Å². The fraction of sp³-hybridized carbons (Fsp3) is 0.421. The molecule has 1 amide bonds. The third kappa shape index (κ3) is 2.94. The van der Waals surface area contributed by atoms with Gasteiger partial charge in [0.1, 0.15) is 5.58 Å². The van der Waals surface area contributed by atoms with E-state index >= 15 is 0 Å². The number of rotatable bonds is 4. The lowest BCUT2D eigenvalue weighted by Gasteiger charge is -2.33. The molecule has 0 spiro atoms. The van der Waals surface area contributed by atoms with Crippen LogP contribution >= 0.6 is 0 Å². The Labute approximate surface area is 150 Å². The first-order chi connectivity index (χ1) is 12.5. The normalized spacial score (nSPS) is 16.9. The van der Waals surface area contributed by atoms with Crippen LogP contribution in [0.25, 0.3) is 11.0 Å². The van der Waals surface area contributed by atoms with Gasteiger partial charge in [-0.25, -0.2) is 9.59 Å². The van der Waals surface area contributed by atoms with E-state index < -0.39 is 11.6 Å². The number of carbonyl (C=O) groups is 2. The Morgan fingerprint density at radius 2 is 2.00 bits per heavy atom. The number of hydrogen-bond acceptors (Lipinski definition) is 6. The van der Waals surface area contributed by atoms with Gasteiger partial charge in [0.25, 0.3) is 5.91 Å². The van der Waals surface area contributed by atoms with E-state index in [1.807, 2.05) is 18.2 Å². The topological polar surface area (TPSA) is 80.1 Å². The van der Waals surface area contributed by atoms with E-state index in [1.165, 1.54) is 6.42 Å². The zero-order valence-electron chi connectivity index (χ0n) is 14.6. The van der Waals surface area contributed by atoms with Gasteiger partial charge in [0, 0.05) is 36.7 Å². The van der Waals surface area contributed by atoms with Crippen LogP contribution in [0, 0.1) is 6.92 Å². The van der Waals surface area contributed by atoms with Gasteiger partial charge in [0.05, 0.1) is 18.5 Å². The molecule has 2 saturated heterocycles. The second-order valence-electron chi connectivity index (χ2n) is 6.75. The molecule has 0 N–H and O–H groups in total. The Balaban J connectivity index is 1.59. The summed E-state index contributed by atoms with van der Waals surface area (Å²) in [6.45, 7) is 4.21. The lowest BCUT2D eigenvalue weighted by Crippen LogP contribution is -2.36. The van der Waals surface area contributed by atoms with E-state index in [-0.39, 0.29) is 17.9 Å². The highest BCUT2D eigenvalue weighted by Crippen LogP contribution is 2.27. The van der Waals surface area contributed by atoms with Gasteiger partial charge in [0.2, 0.25) is 0 Å². The van der Waals surface area contributed by atoms with Gasteiger partial charge in [-0.05, 0) is 37.5 Å². The number of benzene rings is 1. The van der Waals surface area contributed by atoms with Crippen molar-refractivity contribution >= 4 is 28.5 Å². The number of aryl methyl sites for hydroxylation is 1. The van der Waals surface area contributed by atoms with Crippen LogP contribution in [0.15, 0.2) is 27.4 Å². The minimum absolute atomic E-state index is 0.209. The Bertz CT molecular complexity index is 945. The molecule has 26 heavy (non-hydrogen) atoms. The Morgan fingerprint density at radius 1 is 1.19 bits per heavy atom. The molecule has 0 bridgehead atoms. The Hall–Kier alpha value is -2.83. The number of amides is 1. The van der Waals surface area contributed by atoms with Crippen LogP contribution in [0.2, 0.25) is 0 Å². The predicted molar refractivity (Wildman–Crippen MR) is 94.8 cm³/mol. The molecule has 136 valence electrons. The molecule has 0 saturated carbocycles. The Morgan fingerprint density at radius 3 is 2.65 bits per heavy atom. The number of anilines is 1. The van der Waals surface area contributed by atoms with Crippen LogP contribution in [-0.2, 0) is 20.8 Å². The van der Waals surface area contributed by atoms with Crippen LogP contribution in [0.4, 0.5) is 5.69 Å². The number of hydrogen-bond donors (Lipinski definition) is 0. The maximum atomic E-state index is 12.4. The molecule has 7 heteroatoms. The van der Waals surface area contributed by atoms with Gasteiger partial charge < -0.3 is 14.2 Å². The van der Waals surface area contributed by atoms with Crippen molar-refractivity contribution in [1.82, 2.24) is 5.06 Å². The average molecular weight is 356 g/mol. The first kappa shape index (κ1) is 16.6. The summed E-state index contributed by atoms with van der Waals surface area (Å²) in [7, 11) is 0. The summed E-state index contributed by atoms with van der Waals surface area (Å²) in [4.78, 5) is 43.4. The summed E-state index contributed by atoms with van der Waals surface area (Å²) in [6, 6.07) is 5.79. The highest BCUT2D eigenvalue weighted by Gasteiger charge is 2.25. The molecule has 0 aliphatic carbocycles. The van der Waals surface area contributed by atoms with Gasteiger partial charge in [-0.1, -0.05) is 0 Å². The first-order valence-corrected chi connectivity index (χ1v) is 8.85. The average Bonchev–Trinajstić information content (AvgIpc) is 2.94. The van der Waals surface area contributed by atoms with Crippen LogP contribution < -0.4 is 10.5 Å². The molecule has 7 nitrogen and oxygen atoms in total. The maximum Gasteiger partial charge on any atom is 0.340 e. The third-order valence-corrected chi connectivity index (χ3v) is 5.06. The van der Waals surface area contributed by atoms with Crippen molar-refractivity contribution in [3.05, 3.63) is 39.7 Å². The predicted octanol–water partition coefficient (Wildman–Crippen LogP) is 1.93. The summed E-state index contributed by atoms with van der Waals surface area (Å²) in [6.07, 6.45) is 2.00. The van der Waals surface area contributed by atoms with Crippen molar-refractivity contribution in [2.45, 2.75) is 32.6 Å². The van der Waals surface area contributed by atoms with E-state index in [0.29, 0.717) is 30.5 Å². The number of nitrogens with zero attached hydrogens (tertiary/aromatic N) is 2. The third-order valence-electron chi connectivity index (χ3n) is 5.06. The molecule has 1 aromatic heterocycles. The van der Waals surface area contributed by atoms with Crippen molar-refractivity contribution in [3.8, 4) is 0 Å². The van der Waals surface area contributed by atoms with Crippen LogP contribution in [0.3, 0.4) is 0 Å². The molecule has 1 aromatic carbocycles. The number of fused-ring (bicyclic) bond motifs is 1. The zero-order chi connectivity index (χ0) is 18.3. The van der Waals surface area contributed by atoms with Crippen molar-refractivity contribution in [2.75, 3.05) is 24.5 Å². The summed E-state index contributed by atoms with van der Waals surface area (Å²) < 4.78 is 5.45.